The number of hydrogen-bond donors (Lipinski definition) is 1. The first kappa shape index (κ1) is 21.0. The summed E-state index contributed by atoms with van der Waals surface area (Å²) in [4.78, 5) is 13.4. The summed E-state index contributed by atoms with van der Waals surface area (Å²) in [5.74, 6) is 4.71. The molecule has 8 atom stereocenters. The number of carbonyl (C=O) groups excluding carboxylic acids is 1. The number of nitrogens with one attached hydrogen (secondary N) is 1. The first-order valence-electron chi connectivity index (χ1n) is 12.8. The molecule has 1 N–H and O–H groups in total. The molecule has 0 aromatic carbocycles. The minimum atomic E-state index is -0.426. The number of carbonyl (C=O) groups is 1. The van der Waals surface area contributed by atoms with Crippen molar-refractivity contribution in [2.45, 2.75) is 78.2 Å². The predicted octanol–water partition coefficient (Wildman–Crippen LogP) is 5.29. The Labute approximate surface area is 187 Å². The van der Waals surface area contributed by atoms with Crippen LogP contribution in [0.1, 0.15) is 71.6 Å². The highest BCUT2D eigenvalue weighted by Gasteiger charge is 2.61. The zero-order valence-corrected chi connectivity index (χ0v) is 19.2. The van der Waals surface area contributed by atoms with Crippen LogP contribution in [0.5, 0.6) is 0 Å². The average molecular weight is 423 g/mol. The SMILES string of the molecule is CCNc1cnn(CC(=O)C2CCC3C4CCC5CC(C)CCC5C4CCC23C#N)c1. The van der Waals surface area contributed by atoms with Crippen molar-refractivity contribution in [2.75, 3.05) is 11.9 Å². The van der Waals surface area contributed by atoms with E-state index in [2.05, 4.69) is 30.3 Å². The van der Waals surface area contributed by atoms with E-state index in [9.17, 15) is 10.1 Å². The van der Waals surface area contributed by atoms with Crippen molar-refractivity contribution in [3.8, 4) is 6.07 Å². The van der Waals surface area contributed by atoms with Crippen LogP contribution >= 0.6 is 0 Å². The number of hydrogen-bond acceptors (Lipinski definition) is 4. The van der Waals surface area contributed by atoms with Gasteiger partial charge in [0.25, 0.3) is 0 Å². The molecule has 4 saturated carbocycles. The maximum Gasteiger partial charge on any atom is 0.158 e. The van der Waals surface area contributed by atoms with Crippen LogP contribution in [0.3, 0.4) is 0 Å². The lowest BCUT2D eigenvalue weighted by molar-refractivity contribution is -0.129. The summed E-state index contributed by atoms with van der Waals surface area (Å²) in [6, 6.07) is 2.77. The van der Waals surface area contributed by atoms with Crippen molar-refractivity contribution < 1.29 is 4.79 Å². The van der Waals surface area contributed by atoms with Gasteiger partial charge in [-0.15, -0.1) is 0 Å². The second-order valence-corrected chi connectivity index (χ2v) is 11.1. The molecule has 31 heavy (non-hydrogen) atoms. The standard InChI is InChI=1S/C26H38N4O/c1-3-28-19-13-29-30(14-19)15-25(31)24-9-8-23-22-7-5-18-12-17(2)4-6-20(18)21(22)10-11-26(23,24)16-27/h13-14,17-18,20-24,28H,3-12,15H2,1-2H3. The summed E-state index contributed by atoms with van der Waals surface area (Å²) in [5.41, 5.74) is 0.527. The molecule has 1 aromatic heterocycles. The molecule has 8 unspecified atom stereocenters. The van der Waals surface area contributed by atoms with E-state index < -0.39 is 5.41 Å². The van der Waals surface area contributed by atoms with E-state index in [4.69, 9.17) is 0 Å². The number of fused-ring (bicyclic) bond motifs is 5. The maximum absolute atomic E-state index is 13.4. The molecule has 0 radical (unpaired) electrons. The van der Waals surface area contributed by atoms with Gasteiger partial charge in [-0.25, -0.2) is 0 Å². The Morgan fingerprint density at radius 3 is 2.84 bits per heavy atom. The second kappa shape index (κ2) is 8.26. The van der Waals surface area contributed by atoms with Crippen molar-refractivity contribution in [3.05, 3.63) is 12.4 Å². The Morgan fingerprint density at radius 2 is 2.03 bits per heavy atom. The summed E-state index contributed by atoms with van der Waals surface area (Å²) in [6.45, 7) is 5.61. The van der Waals surface area contributed by atoms with Gasteiger partial charge >= 0.3 is 0 Å². The van der Waals surface area contributed by atoms with Gasteiger partial charge in [0.15, 0.2) is 5.78 Å². The zero-order chi connectivity index (χ0) is 21.6. The third-order valence-corrected chi connectivity index (χ3v) is 9.66. The first-order chi connectivity index (χ1) is 15.1. The predicted molar refractivity (Wildman–Crippen MR) is 121 cm³/mol. The van der Waals surface area contributed by atoms with E-state index in [1.165, 1.54) is 38.5 Å². The molecule has 0 spiro atoms. The highest BCUT2D eigenvalue weighted by atomic mass is 16.1. The summed E-state index contributed by atoms with van der Waals surface area (Å²) >= 11 is 0. The number of Topliss-reactive ketones (excluding diaryl/α,β-unsaturated/α-hetero) is 1. The van der Waals surface area contributed by atoms with Gasteiger partial charge in [0.05, 0.1) is 29.9 Å². The van der Waals surface area contributed by atoms with Crippen LogP contribution in [-0.2, 0) is 11.3 Å². The Balaban J connectivity index is 1.32. The van der Waals surface area contributed by atoms with Crippen LogP contribution in [0.15, 0.2) is 12.4 Å². The van der Waals surface area contributed by atoms with Crippen LogP contribution in [0.2, 0.25) is 0 Å². The Hall–Kier alpha value is -1.83. The van der Waals surface area contributed by atoms with Crippen molar-refractivity contribution in [3.63, 3.8) is 0 Å². The fourth-order valence-electron chi connectivity index (χ4n) is 8.44. The fraction of sp³-hybridized carbons (Fsp3) is 0.808. The molecule has 168 valence electrons. The van der Waals surface area contributed by atoms with Gasteiger partial charge in [-0.05, 0) is 93.8 Å². The summed E-state index contributed by atoms with van der Waals surface area (Å²) < 4.78 is 1.75. The minimum Gasteiger partial charge on any atom is -0.383 e. The van der Waals surface area contributed by atoms with Crippen LogP contribution < -0.4 is 5.32 Å². The zero-order valence-electron chi connectivity index (χ0n) is 19.2. The molecule has 1 aromatic rings. The van der Waals surface area contributed by atoms with E-state index in [1.807, 2.05) is 6.20 Å². The van der Waals surface area contributed by atoms with Crippen LogP contribution in [0, 0.1) is 58.2 Å². The van der Waals surface area contributed by atoms with Gasteiger partial charge in [0.2, 0.25) is 0 Å². The molecule has 0 bridgehead atoms. The number of aromatic nitrogens is 2. The molecule has 5 nitrogen and oxygen atoms in total. The van der Waals surface area contributed by atoms with Crippen molar-refractivity contribution in [2.24, 2.45) is 46.8 Å². The van der Waals surface area contributed by atoms with E-state index >= 15 is 0 Å². The highest BCUT2D eigenvalue weighted by molar-refractivity contribution is 5.82. The summed E-state index contributed by atoms with van der Waals surface area (Å²) in [6.07, 6.45) is 14.6. The molecule has 0 saturated heterocycles. The molecule has 5 rings (SSSR count). The number of nitrogens with zero attached hydrogens (tertiary/aromatic N) is 3. The average Bonchev–Trinajstić information content (AvgIpc) is 3.38. The van der Waals surface area contributed by atoms with E-state index in [-0.39, 0.29) is 11.7 Å². The second-order valence-electron chi connectivity index (χ2n) is 11.1. The molecule has 1 heterocycles. The van der Waals surface area contributed by atoms with Gasteiger partial charge in [-0.3, -0.25) is 9.48 Å². The monoisotopic (exact) mass is 422 g/mol. The molecule has 5 heteroatoms. The fourth-order valence-corrected chi connectivity index (χ4v) is 8.44. The summed E-state index contributed by atoms with van der Waals surface area (Å²) in [5, 5.41) is 18.0. The Kier molecular flexibility index (Phi) is 5.61. The van der Waals surface area contributed by atoms with Crippen LogP contribution in [0.4, 0.5) is 5.69 Å². The lowest BCUT2D eigenvalue weighted by atomic mass is 9.49. The van der Waals surface area contributed by atoms with Gasteiger partial charge in [0, 0.05) is 18.7 Å². The normalized spacial score (nSPS) is 41.5. The van der Waals surface area contributed by atoms with Gasteiger partial charge in [-0.2, -0.15) is 10.4 Å². The Morgan fingerprint density at radius 1 is 1.19 bits per heavy atom. The highest BCUT2D eigenvalue weighted by Crippen LogP contribution is 2.64. The van der Waals surface area contributed by atoms with Gasteiger partial charge in [0.1, 0.15) is 0 Å². The van der Waals surface area contributed by atoms with Gasteiger partial charge in [-0.1, -0.05) is 13.3 Å². The molecular formula is C26H38N4O. The van der Waals surface area contributed by atoms with E-state index in [0.717, 1.165) is 55.2 Å². The molecule has 0 amide bonds. The van der Waals surface area contributed by atoms with Crippen LogP contribution in [-0.4, -0.2) is 22.1 Å². The number of anilines is 1. The largest absolute Gasteiger partial charge is 0.383 e. The number of nitriles is 1. The maximum atomic E-state index is 13.4. The Bertz CT molecular complexity index is 856. The molecule has 0 aliphatic heterocycles. The molecule has 4 fully saturated rings. The number of ketones is 1. The lowest BCUT2D eigenvalue weighted by Crippen LogP contribution is -2.50. The van der Waals surface area contributed by atoms with E-state index in [1.54, 1.807) is 10.9 Å². The van der Waals surface area contributed by atoms with Crippen molar-refractivity contribution >= 4 is 11.5 Å². The minimum absolute atomic E-state index is 0.112. The van der Waals surface area contributed by atoms with Crippen molar-refractivity contribution in [1.29, 1.82) is 5.26 Å². The van der Waals surface area contributed by atoms with E-state index in [0.29, 0.717) is 18.4 Å². The molecule has 4 aliphatic carbocycles. The quantitative estimate of drug-likeness (QED) is 0.700. The third-order valence-electron chi connectivity index (χ3n) is 9.66. The first-order valence-corrected chi connectivity index (χ1v) is 12.8. The summed E-state index contributed by atoms with van der Waals surface area (Å²) in [7, 11) is 0. The van der Waals surface area contributed by atoms with Gasteiger partial charge < -0.3 is 5.32 Å². The lowest BCUT2D eigenvalue weighted by Gasteiger charge is -2.55. The smallest absolute Gasteiger partial charge is 0.158 e. The van der Waals surface area contributed by atoms with Crippen molar-refractivity contribution in [1.82, 2.24) is 9.78 Å². The topological polar surface area (TPSA) is 70.7 Å². The molecular weight excluding hydrogens is 384 g/mol. The number of rotatable bonds is 5. The third kappa shape index (κ3) is 3.51. The molecule has 4 aliphatic rings. The van der Waals surface area contributed by atoms with Crippen LogP contribution in [0.25, 0.3) is 0 Å².